The van der Waals surface area contributed by atoms with Crippen molar-refractivity contribution in [2.75, 3.05) is 26.4 Å². The number of nitrogen functional groups attached to an aromatic ring is 1. The van der Waals surface area contributed by atoms with E-state index in [1.807, 2.05) is 7.05 Å². The molecule has 0 spiro atoms. The number of hydrogen-bond donors (Lipinski definition) is 2. The van der Waals surface area contributed by atoms with Crippen molar-refractivity contribution >= 4 is 11.6 Å². The number of hydrogen-bond acceptors (Lipinski definition) is 4. The van der Waals surface area contributed by atoms with Crippen LogP contribution in [0.5, 0.6) is 11.5 Å². The predicted molar refractivity (Wildman–Crippen MR) is 68.5 cm³/mol. The van der Waals surface area contributed by atoms with Crippen molar-refractivity contribution in [2.24, 2.45) is 5.92 Å². The number of ether oxygens (including phenoxy) is 1. The molecule has 0 aromatic heterocycles. The molecule has 0 radical (unpaired) electrons. The first-order valence-electron chi connectivity index (χ1n) is 5.93. The number of phenols is 1. The third-order valence-electron chi connectivity index (χ3n) is 3.45. The van der Waals surface area contributed by atoms with Crippen LogP contribution in [0, 0.1) is 5.92 Å². The van der Waals surface area contributed by atoms with Crippen molar-refractivity contribution in [1.82, 2.24) is 4.90 Å². The zero-order valence-electron chi connectivity index (χ0n) is 10.6. The van der Waals surface area contributed by atoms with E-state index in [0.717, 1.165) is 18.5 Å². The van der Waals surface area contributed by atoms with Gasteiger partial charge in [0.15, 0.2) is 11.5 Å². The molecule has 1 fully saturated rings. The Morgan fingerprint density at radius 1 is 1.56 bits per heavy atom. The van der Waals surface area contributed by atoms with Gasteiger partial charge < -0.3 is 20.5 Å². The van der Waals surface area contributed by atoms with Crippen LogP contribution in [0.25, 0.3) is 0 Å². The zero-order chi connectivity index (χ0) is 13.3. The largest absolute Gasteiger partial charge is 0.504 e. The van der Waals surface area contributed by atoms with E-state index in [9.17, 15) is 9.90 Å². The molecule has 5 heteroatoms. The highest BCUT2D eigenvalue weighted by Gasteiger charge is 2.29. The van der Waals surface area contributed by atoms with Gasteiger partial charge in [0.1, 0.15) is 0 Å². The van der Waals surface area contributed by atoms with Crippen LogP contribution in [0.4, 0.5) is 5.69 Å². The van der Waals surface area contributed by atoms with Crippen LogP contribution in [0.15, 0.2) is 12.1 Å². The number of methoxy groups -OCH3 is 1. The zero-order valence-corrected chi connectivity index (χ0v) is 10.6. The van der Waals surface area contributed by atoms with Crippen LogP contribution < -0.4 is 10.5 Å². The van der Waals surface area contributed by atoms with Gasteiger partial charge in [-0.2, -0.15) is 0 Å². The molecule has 1 heterocycles. The van der Waals surface area contributed by atoms with Crippen LogP contribution >= 0.6 is 0 Å². The number of carbonyl (C=O) groups excluding carboxylic acids is 1. The Labute approximate surface area is 106 Å². The molecular formula is C13H18N2O3. The Morgan fingerprint density at radius 3 is 2.83 bits per heavy atom. The first-order valence-corrected chi connectivity index (χ1v) is 5.93. The van der Waals surface area contributed by atoms with E-state index in [4.69, 9.17) is 10.5 Å². The third kappa shape index (κ3) is 2.20. The lowest BCUT2D eigenvalue weighted by molar-refractivity contribution is -0.129. The van der Waals surface area contributed by atoms with Crippen LogP contribution in [0.2, 0.25) is 0 Å². The van der Waals surface area contributed by atoms with Gasteiger partial charge in [-0.1, -0.05) is 0 Å². The van der Waals surface area contributed by atoms with Crippen molar-refractivity contribution in [3.05, 3.63) is 17.7 Å². The van der Waals surface area contributed by atoms with E-state index in [-0.39, 0.29) is 17.6 Å². The smallest absolute Gasteiger partial charge is 0.225 e. The molecule has 1 atom stereocenters. The van der Waals surface area contributed by atoms with Gasteiger partial charge in [-0.3, -0.25) is 4.79 Å². The van der Waals surface area contributed by atoms with Gasteiger partial charge in [0.25, 0.3) is 0 Å². The van der Waals surface area contributed by atoms with Crippen LogP contribution in [-0.4, -0.2) is 36.6 Å². The normalized spacial score (nSPS) is 19.3. The molecule has 0 aliphatic carbocycles. The summed E-state index contributed by atoms with van der Waals surface area (Å²) in [6.45, 7) is 0.790. The quantitative estimate of drug-likeness (QED) is 0.785. The summed E-state index contributed by atoms with van der Waals surface area (Å²) in [7, 11) is 3.30. The molecule has 1 unspecified atom stereocenters. The van der Waals surface area contributed by atoms with Gasteiger partial charge in [0, 0.05) is 31.3 Å². The van der Waals surface area contributed by atoms with Crippen LogP contribution in [0.3, 0.4) is 0 Å². The molecule has 2 rings (SSSR count). The van der Waals surface area contributed by atoms with Gasteiger partial charge in [0.2, 0.25) is 5.91 Å². The molecule has 18 heavy (non-hydrogen) atoms. The van der Waals surface area contributed by atoms with Crippen molar-refractivity contribution < 1.29 is 14.6 Å². The fourth-order valence-electron chi connectivity index (χ4n) is 2.32. The molecule has 1 aliphatic heterocycles. The lowest BCUT2D eigenvalue weighted by Gasteiger charge is -2.13. The molecule has 0 bridgehead atoms. The molecule has 1 amide bonds. The van der Waals surface area contributed by atoms with E-state index in [1.54, 1.807) is 11.0 Å². The Balaban J connectivity index is 2.21. The number of aromatic hydroxyl groups is 1. The number of nitrogens with two attached hydrogens (primary N) is 1. The van der Waals surface area contributed by atoms with E-state index in [2.05, 4.69) is 0 Å². The summed E-state index contributed by atoms with van der Waals surface area (Å²) in [6.07, 6.45) is 1.43. The second-order valence-corrected chi connectivity index (χ2v) is 4.67. The van der Waals surface area contributed by atoms with E-state index >= 15 is 0 Å². The van der Waals surface area contributed by atoms with Crippen molar-refractivity contribution in [1.29, 1.82) is 0 Å². The highest BCUT2D eigenvalue weighted by atomic mass is 16.5. The van der Waals surface area contributed by atoms with Gasteiger partial charge in [-0.25, -0.2) is 0 Å². The fraction of sp³-hybridized carbons (Fsp3) is 0.462. The fourth-order valence-corrected chi connectivity index (χ4v) is 2.32. The van der Waals surface area contributed by atoms with Crippen molar-refractivity contribution in [3.63, 3.8) is 0 Å². The second kappa shape index (κ2) is 4.76. The molecule has 1 saturated heterocycles. The standard InChI is InChI=1S/C13H18N2O3/c1-15-4-3-8(13(15)17)5-9-6-12(18-2)11(16)7-10(9)14/h6-8,16H,3-5,14H2,1-2H3. The Morgan fingerprint density at radius 2 is 2.28 bits per heavy atom. The number of nitrogens with zero attached hydrogens (tertiary/aromatic N) is 1. The molecule has 1 aromatic rings. The molecular weight excluding hydrogens is 232 g/mol. The lowest BCUT2D eigenvalue weighted by atomic mass is 9.96. The minimum Gasteiger partial charge on any atom is -0.504 e. The average molecular weight is 250 g/mol. The second-order valence-electron chi connectivity index (χ2n) is 4.67. The Kier molecular flexibility index (Phi) is 3.32. The van der Waals surface area contributed by atoms with Crippen molar-refractivity contribution in [2.45, 2.75) is 12.8 Å². The number of likely N-dealkylation sites (tertiary alicyclic amines) is 1. The summed E-state index contributed by atoms with van der Waals surface area (Å²) < 4.78 is 5.05. The number of anilines is 1. The maximum Gasteiger partial charge on any atom is 0.225 e. The number of rotatable bonds is 3. The summed E-state index contributed by atoms with van der Waals surface area (Å²) >= 11 is 0. The highest BCUT2D eigenvalue weighted by molar-refractivity contribution is 5.81. The molecule has 0 saturated carbocycles. The van der Waals surface area contributed by atoms with Gasteiger partial charge in [-0.05, 0) is 24.5 Å². The molecule has 3 N–H and O–H groups in total. The minimum absolute atomic E-state index is 0.0217. The van der Waals surface area contributed by atoms with Gasteiger partial charge >= 0.3 is 0 Å². The topological polar surface area (TPSA) is 75.8 Å². The third-order valence-corrected chi connectivity index (χ3v) is 3.45. The van der Waals surface area contributed by atoms with E-state index in [0.29, 0.717) is 17.9 Å². The number of amides is 1. The number of phenolic OH excluding ortho intramolecular Hbond substituents is 1. The van der Waals surface area contributed by atoms with Crippen LogP contribution in [-0.2, 0) is 11.2 Å². The number of benzene rings is 1. The molecule has 5 nitrogen and oxygen atoms in total. The Hall–Kier alpha value is -1.91. The summed E-state index contributed by atoms with van der Waals surface area (Å²) in [6, 6.07) is 3.17. The van der Waals surface area contributed by atoms with Crippen molar-refractivity contribution in [3.8, 4) is 11.5 Å². The maximum atomic E-state index is 11.8. The molecule has 1 aliphatic rings. The predicted octanol–water partition coefficient (Wildman–Crippen LogP) is 1.00. The summed E-state index contributed by atoms with van der Waals surface area (Å²) in [5, 5.41) is 9.59. The number of carbonyl (C=O) groups is 1. The van der Waals surface area contributed by atoms with Gasteiger partial charge in [0.05, 0.1) is 7.11 Å². The SMILES string of the molecule is COc1cc(CC2CCN(C)C2=O)c(N)cc1O. The van der Waals surface area contributed by atoms with Gasteiger partial charge in [-0.15, -0.1) is 0 Å². The summed E-state index contributed by atoms with van der Waals surface area (Å²) in [5.41, 5.74) is 7.20. The van der Waals surface area contributed by atoms with E-state index in [1.165, 1.54) is 13.2 Å². The molecule has 98 valence electrons. The first-order chi connectivity index (χ1) is 8.52. The lowest BCUT2D eigenvalue weighted by Crippen LogP contribution is -2.23. The summed E-state index contributed by atoms with van der Waals surface area (Å²) in [4.78, 5) is 13.6. The minimum atomic E-state index is -0.0217. The molecule has 1 aromatic carbocycles. The first kappa shape index (κ1) is 12.5. The Bertz CT molecular complexity index is 474. The monoisotopic (exact) mass is 250 g/mol. The van der Waals surface area contributed by atoms with Crippen LogP contribution in [0.1, 0.15) is 12.0 Å². The van der Waals surface area contributed by atoms with E-state index < -0.39 is 0 Å². The maximum absolute atomic E-state index is 11.8. The average Bonchev–Trinajstić information content (AvgIpc) is 2.64. The highest BCUT2D eigenvalue weighted by Crippen LogP contribution is 2.33. The summed E-state index contributed by atoms with van der Waals surface area (Å²) in [5.74, 6) is 0.541.